The minimum atomic E-state index is 0.816. The van der Waals surface area contributed by atoms with E-state index in [2.05, 4.69) is 33.0 Å². The summed E-state index contributed by atoms with van der Waals surface area (Å²) in [6.45, 7) is 2.30. The first-order valence-corrected chi connectivity index (χ1v) is 8.32. The highest BCUT2D eigenvalue weighted by atomic mass is 79.9. The van der Waals surface area contributed by atoms with E-state index in [9.17, 15) is 0 Å². The molecule has 2 fully saturated rings. The molecule has 0 bridgehead atoms. The fraction of sp³-hybridized carbons (Fsp3) is 0.625. The summed E-state index contributed by atoms with van der Waals surface area (Å²) in [4.78, 5) is 2.69. The van der Waals surface area contributed by atoms with Crippen molar-refractivity contribution in [3.8, 4) is 0 Å². The topological polar surface area (TPSA) is 29.3 Å². The van der Waals surface area contributed by atoms with Gasteiger partial charge in [0.05, 0.1) is 0 Å². The lowest BCUT2D eigenvalue weighted by atomic mass is 9.96. The van der Waals surface area contributed by atoms with Gasteiger partial charge in [-0.2, -0.15) is 0 Å². The Balaban J connectivity index is 1.72. The second-order valence-corrected chi connectivity index (χ2v) is 6.84. The van der Waals surface area contributed by atoms with Crippen molar-refractivity contribution in [2.45, 2.75) is 51.1 Å². The summed E-state index contributed by atoms with van der Waals surface area (Å²) in [7, 11) is 0. The van der Waals surface area contributed by atoms with E-state index in [0.717, 1.165) is 28.7 Å². The lowest BCUT2D eigenvalue weighted by molar-refractivity contribution is 0.183. The highest BCUT2D eigenvalue weighted by molar-refractivity contribution is 9.10. The number of nitrogens with two attached hydrogens (primary N) is 1. The van der Waals surface area contributed by atoms with Gasteiger partial charge >= 0.3 is 0 Å². The molecule has 1 unspecified atom stereocenters. The zero-order valence-electron chi connectivity index (χ0n) is 11.4. The van der Waals surface area contributed by atoms with Crippen LogP contribution in [0.15, 0.2) is 22.7 Å². The second-order valence-electron chi connectivity index (χ2n) is 6.04. The van der Waals surface area contributed by atoms with E-state index in [0.29, 0.717) is 0 Å². The molecule has 1 saturated carbocycles. The zero-order valence-corrected chi connectivity index (χ0v) is 13.0. The van der Waals surface area contributed by atoms with Crippen LogP contribution in [0.4, 0.5) is 5.69 Å². The number of benzene rings is 1. The fourth-order valence-corrected chi connectivity index (χ4v) is 4.25. The SMILES string of the molecule is Nc1cccc(CN2CCCC2C2CCCC2)c1Br. The molecular weight excluding hydrogens is 300 g/mol. The number of halogens is 1. The highest BCUT2D eigenvalue weighted by Gasteiger charge is 2.33. The Kier molecular flexibility index (Phi) is 4.13. The predicted molar refractivity (Wildman–Crippen MR) is 83.9 cm³/mol. The average Bonchev–Trinajstić information content (AvgIpc) is 3.05. The van der Waals surface area contributed by atoms with Gasteiger partial charge in [-0.25, -0.2) is 0 Å². The van der Waals surface area contributed by atoms with E-state index in [1.54, 1.807) is 0 Å². The Labute approximate surface area is 124 Å². The molecule has 0 radical (unpaired) electrons. The Morgan fingerprint density at radius 2 is 1.95 bits per heavy atom. The summed E-state index contributed by atoms with van der Waals surface area (Å²) < 4.78 is 1.09. The lowest BCUT2D eigenvalue weighted by Crippen LogP contribution is -2.34. The van der Waals surface area contributed by atoms with Gasteiger partial charge in [0, 0.05) is 22.7 Å². The van der Waals surface area contributed by atoms with Gasteiger partial charge in [-0.3, -0.25) is 4.90 Å². The predicted octanol–water partition coefficient (Wildman–Crippen LogP) is 4.19. The molecule has 2 N–H and O–H groups in total. The van der Waals surface area contributed by atoms with Crippen molar-refractivity contribution < 1.29 is 0 Å². The monoisotopic (exact) mass is 322 g/mol. The minimum absolute atomic E-state index is 0.816. The Morgan fingerprint density at radius 3 is 2.74 bits per heavy atom. The fourth-order valence-electron chi connectivity index (χ4n) is 3.86. The van der Waals surface area contributed by atoms with Crippen molar-refractivity contribution >= 4 is 21.6 Å². The third-order valence-electron chi connectivity index (χ3n) is 4.84. The maximum Gasteiger partial charge on any atom is 0.0461 e. The Morgan fingerprint density at radius 1 is 1.16 bits per heavy atom. The van der Waals surface area contributed by atoms with Crippen LogP contribution in [0.2, 0.25) is 0 Å². The summed E-state index contributed by atoms with van der Waals surface area (Å²) in [6, 6.07) is 7.04. The van der Waals surface area contributed by atoms with Gasteiger partial charge in [0.25, 0.3) is 0 Å². The first-order chi connectivity index (χ1) is 9.25. The van der Waals surface area contributed by atoms with Gasteiger partial charge < -0.3 is 5.73 Å². The number of nitrogen functional groups attached to an aromatic ring is 1. The second kappa shape index (κ2) is 5.84. The average molecular weight is 323 g/mol. The Hall–Kier alpha value is -0.540. The van der Waals surface area contributed by atoms with Crippen LogP contribution in [0.25, 0.3) is 0 Å². The standard InChI is InChI=1S/C16H23BrN2/c17-16-13(7-3-8-14(16)18)11-19-10-4-9-15(19)12-5-1-2-6-12/h3,7-8,12,15H,1-2,4-6,9-11,18H2. The largest absolute Gasteiger partial charge is 0.398 e. The van der Waals surface area contributed by atoms with E-state index in [1.807, 2.05) is 6.07 Å². The van der Waals surface area contributed by atoms with Gasteiger partial charge in [-0.1, -0.05) is 25.0 Å². The smallest absolute Gasteiger partial charge is 0.0461 e. The molecule has 1 heterocycles. The van der Waals surface area contributed by atoms with E-state index >= 15 is 0 Å². The number of hydrogen-bond acceptors (Lipinski definition) is 2. The zero-order chi connectivity index (χ0) is 13.2. The Bertz CT molecular complexity index is 440. The number of hydrogen-bond donors (Lipinski definition) is 1. The van der Waals surface area contributed by atoms with E-state index in [1.165, 1.54) is 50.6 Å². The van der Waals surface area contributed by atoms with Crippen LogP contribution in [0.5, 0.6) is 0 Å². The molecule has 2 aliphatic rings. The van der Waals surface area contributed by atoms with Crippen molar-refractivity contribution in [2.24, 2.45) is 5.92 Å². The molecule has 3 heteroatoms. The van der Waals surface area contributed by atoms with Gasteiger partial charge in [0.1, 0.15) is 0 Å². The quantitative estimate of drug-likeness (QED) is 0.845. The van der Waals surface area contributed by atoms with E-state index in [-0.39, 0.29) is 0 Å². The number of likely N-dealkylation sites (tertiary alicyclic amines) is 1. The van der Waals surface area contributed by atoms with Crippen molar-refractivity contribution in [3.05, 3.63) is 28.2 Å². The van der Waals surface area contributed by atoms with E-state index in [4.69, 9.17) is 5.73 Å². The van der Waals surface area contributed by atoms with Crippen LogP contribution in [0.1, 0.15) is 44.1 Å². The highest BCUT2D eigenvalue weighted by Crippen LogP contribution is 2.37. The van der Waals surface area contributed by atoms with Gasteiger partial charge in [-0.15, -0.1) is 0 Å². The lowest BCUT2D eigenvalue weighted by Gasteiger charge is -2.29. The van der Waals surface area contributed by atoms with Crippen LogP contribution >= 0.6 is 15.9 Å². The van der Waals surface area contributed by atoms with Crippen LogP contribution < -0.4 is 5.73 Å². The number of rotatable bonds is 3. The molecule has 1 atom stereocenters. The summed E-state index contributed by atoms with van der Waals surface area (Å²) in [5.41, 5.74) is 8.18. The summed E-state index contributed by atoms with van der Waals surface area (Å²) >= 11 is 3.64. The summed E-state index contributed by atoms with van der Waals surface area (Å²) in [6.07, 6.45) is 8.53. The molecule has 1 aromatic rings. The first-order valence-electron chi connectivity index (χ1n) is 7.52. The molecule has 1 aliphatic heterocycles. The maximum atomic E-state index is 5.99. The van der Waals surface area contributed by atoms with Crippen LogP contribution in [0.3, 0.4) is 0 Å². The molecule has 1 saturated heterocycles. The van der Waals surface area contributed by atoms with Crippen molar-refractivity contribution in [3.63, 3.8) is 0 Å². The van der Waals surface area contributed by atoms with Crippen molar-refractivity contribution in [1.82, 2.24) is 4.90 Å². The van der Waals surface area contributed by atoms with Crippen LogP contribution in [-0.4, -0.2) is 17.5 Å². The molecule has 0 amide bonds. The minimum Gasteiger partial charge on any atom is -0.398 e. The molecule has 104 valence electrons. The molecule has 1 aromatic carbocycles. The molecule has 1 aliphatic carbocycles. The van der Waals surface area contributed by atoms with Crippen LogP contribution in [-0.2, 0) is 6.54 Å². The van der Waals surface area contributed by atoms with Gasteiger partial charge in [0.15, 0.2) is 0 Å². The van der Waals surface area contributed by atoms with Gasteiger partial charge in [0.2, 0.25) is 0 Å². The molecule has 3 rings (SSSR count). The van der Waals surface area contributed by atoms with E-state index < -0.39 is 0 Å². The summed E-state index contributed by atoms with van der Waals surface area (Å²) in [5.74, 6) is 0.947. The number of nitrogens with zero attached hydrogens (tertiary/aromatic N) is 1. The van der Waals surface area contributed by atoms with Crippen molar-refractivity contribution in [2.75, 3.05) is 12.3 Å². The molecule has 0 aromatic heterocycles. The first kappa shape index (κ1) is 13.4. The normalized spacial score (nSPS) is 25.2. The van der Waals surface area contributed by atoms with Crippen molar-refractivity contribution in [1.29, 1.82) is 0 Å². The molecule has 19 heavy (non-hydrogen) atoms. The number of anilines is 1. The maximum absolute atomic E-state index is 5.99. The molecular formula is C16H23BrN2. The van der Waals surface area contributed by atoms with Gasteiger partial charge in [-0.05, 0) is 65.7 Å². The summed E-state index contributed by atoms with van der Waals surface area (Å²) in [5, 5.41) is 0. The third-order valence-corrected chi connectivity index (χ3v) is 5.81. The third kappa shape index (κ3) is 2.82. The molecule has 0 spiro atoms. The molecule has 2 nitrogen and oxygen atoms in total. The van der Waals surface area contributed by atoms with Crippen LogP contribution in [0, 0.1) is 5.92 Å².